The maximum Gasteiger partial charge on any atom is 0.273 e. The van der Waals surface area contributed by atoms with Crippen molar-refractivity contribution in [2.75, 3.05) is 33.0 Å². The van der Waals surface area contributed by atoms with Crippen LogP contribution in [-0.4, -0.2) is 54.3 Å². The largest absolute Gasteiger partial charge is 0.379 e. The molecule has 3 rings (SSSR count). The molecule has 102 valence electrons. The highest BCUT2D eigenvalue weighted by atomic mass is 35.5. The Bertz CT molecular complexity index is 471. The molecule has 1 aromatic rings. The quantitative estimate of drug-likeness (QED) is 0.781. The van der Waals surface area contributed by atoms with Crippen molar-refractivity contribution in [2.24, 2.45) is 0 Å². The van der Waals surface area contributed by atoms with Crippen molar-refractivity contribution in [3.63, 3.8) is 0 Å². The number of halogens is 1. The average molecular weight is 283 g/mol. The molecule has 1 atom stereocenters. The van der Waals surface area contributed by atoms with E-state index in [1.54, 1.807) is 12.1 Å². The minimum absolute atomic E-state index is 0.0783. The number of rotatable bonds is 1. The fourth-order valence-electron chi connectivity index (χ4n) is 2.61. The molecule has 1 aromatic heterocycles. The molecule has 1 amide bonds. The molecule has 5 nitrogen and oxygen atoms in total. The van der Waals surface area contributed by atoms with Crippen molar-refractivity contribution in [2.45, 2.75) is 12.0 Å². The fraction of sp³-hybridized carbons (Fsp3) is 0.538. The Hall–Kier alpha value is -1.17. The minimum Gasteiger partial charge on any atom is -0.379 e. The number of aromatic nitrogens is 1. The number of ether oxygens (including phenoxy) is 2. The van der Waals surface area contributed by atoms with Crippen molar-refractivity contribution in [1.29, 1.82) is 0 Å². The Balaban J connectivity index is 1.86. The molecule has 2 fully saturated rings. The lowest BCUT2D eigenvalue weighted by Gasteiger charge is -2.43. The van der Waals surface area contributed by atoms with Crippen molar-refractivity contribution in [1.82, 2.24) is 9.88 Å². The summed E-state index contributed by atoms with van der Waals surface area (Å²) in [5.41, 5.74) is 0.0917. The monoisotopic (exact) mass is 282 g/mol. The molecule has 0 aromatic carbocycles. The van der Waals surface area contributed by atoms with Gasteiger partial charge in [0, 0.05) is 19.3 Å². The van der Waals surface area contributed by atoms with Gasteiger partial charge >= 0.3 is 0 Å². The number of nitrogens with zero attached hydrogens (tertiary/aromatic N) is 2. The summed E-state index contributed by atoms with van der Waals surface area (Å²) in [6.07, 6.45) is 2.30. The Morgan fingerprint density at radius 1 is 1.32 bits per heavy atom. The Kier molecular flexibility index (Phi) is 3.43. The van der Waals surface area contributed by atoms with Crippen LogP contribution in [-0.2, 0) is 9.47 Å². The van der Waals surface area contributed by atoms with Crippen LogP contribution in [0.2, 0.25) is 5.02 Å². The van der Waals surface area contributed by atoms with Crippen LogP contribution < -0.4 is 0 Å². The van der Waals surface area contributed by atoms with Gasteiger partial charge in [0.25, 0.3) is 5.91 Å². The smallest absolute Gasteiger partial charge is 0.273 e. The van der Waals surface area contributed by atoms with E-state index in [0.717, 1.165) is 6.42 Å². The summed E-state index contributed by atoms with van der Waals surface area (Å²) in [6.45, 7) is 2.87. The number of hydrogen-bond donors (Lipinski definition) is 0. The Morgan fingerprint density at radius 2 is 2.11 bits per heavy atom. The van der Waals surface area contributed by atoms with Gasteiger partial charge < -0.3 is 14.4 Å². The van der Waals surface area contributed by atoms with Gasteiger partial charge in [-0.3, -0.25) is 4.79 Å². The van der Waals surface area contributed by atoms with Crippen LogP contribution in [0.4, 0.5) is 0 Å². The summed E-state index contributed by atoms with van der Waals surface area (Å²) >= 11 is 5.80. The van der Waals surface area contributed by atoms with Crippen molar-refractivity contribution in [3.8, 4) is 0 Å². The first-order chi connectivity index (χ1) is 9.21. The third-order valence-electron chi connectivity index (χ3n) is 3.68. The van der Waals surface area contributed by atoms with Crippen LogP contribution in [0.15, 0.2) is 18.3 Å². The van der Waals surface area contributed by atoms with Crippen LogP contribution in [0.25, 0.3) is 0 Å². The van der Waals surface area contributed by atoms with Gasteiger partial charge in [-0.1, -0.05) is 11.6 Å². The number of carbonyl (C=O) groups is 1. The zero-order chi connectivity index (χ0) is 13.3. The lowest BCUT2D eigenvalue weighted by atomic mass is 9.95. The van der Waals surface area contributed by atoms with Crippen LogP contribution in [0.5, 0.6) is 0 Å². The van der Waals surface area contributed by atoms with E-state index in [9.17, 15) is 4.79 Å². The van der Waals surface area contributed by atoms with Gasteiger partial charge in [0.15, 0.2) is 0 Å². The van der Waals surface area contributed by atoms with E-state index >= 15 is 0 Å². The second-order valence-corrected chi connectivity index (χ2v) is 5.33. The van der Waals surface area contributed by atoms with E-state index in [-0.39, 0.29) is 11.4 Å². The second kappa shape index (κ2) is 5.07. The SMILES string of the molecule is O=C(c1ccc(Cl)cn1)N1CCOC[C@@]12CCOC2. The number of hydrogen-bond acceptors (Lipinski definition) is 4. The van der Waals surface area contributed by atoms with Crippen LogP contribution >= 0.6 is 11.6 Å². The molecular formula is C13H15ClN2O3. The Labute approximate surface area is 116 Å². The summed E-state index contributed by atoms with van der Waals surface area (Å²) in [6, 6.07) is 3.34. The van der Waals surface area contributed by atoms with Crippen molar-refractivity contribution in [3.05, 3.63) is 29.0 Å². The molecule has 2 saturated heterocycles. The predicted octanol–water partition coefficient (Wildman–Crippen LogP) is 1.37. The van der Waals surface area contributed by atoms with Gasteiger partial charge in [0.2, 0.25) is 0 Å². The van der Waals surface area contributed by atoms with Crippen LogP contribution in [0.1, 0.15) is 16.9 Å². The number of pyridine rings is 1. The lowest BCUT2D eigenvalue weighted by molar-refractivity contribution is -0.0553. The van der Waals surface area contributed by atoms with Gasteiger partial charge in [0.05, 0.1) is 30.4 Å². The molecule has 0 N–H and O–H groups in total. The van der Waals surface area contributed by atoms with E-state index in [1.165, 1.54) is 6.20 Å². The summed E-state index contributed by atoms with van der Waals surface area (Å²) in [7, 11) is 0. The van der Waals surface area contributed by atoms with Gasteiger partial charge in [-0.25, -0.2) is 4.98 Å². The zero-order valence-electron chi connectivity index (χ0n) is 10.5. The topological polar surface area (TPSA) is 51.7 Å². The molecule has 0 bridgehead atoms. The van der Waals surface area contributed by atoms with E-state index < -0.39 is 0 Å². The maximum atomic E-state index is 12.6. The van der Waals surface area contributed by atoms with E-state index in [0.29, 0.717) is 43.7 Å². The average Bonchev–Trinajstić information content (AvgIpc) is 2.88. The van der Waals surface area contributed by atoms with E-state index in [2.05, 4.69) is 4.98 Å². The summed E-state index contributed by atoms with van der Waals surface area (Å²) in [5, 5.41) is 0.525. The molecule has 0 aliphatic carbocycles. The third-order valence-corrected chi connectivity index (χ3v) is 3.90. The highest BCUT2D eigenvalue weighted by Crippen LogP contribution is 2.30. The Morgan fingerprint density at radius 3 is 2.79 bits per heavy atom. The molecule has 2 aliphatic heterocycles. The highest BCUT2D eigenvalue weighted by Gasteiger charge is 2.45. The van der Waals surface area contributed by atoms with Gasteiger partial charge in [-0.05, 0) is 18.6 Å². The zero-order valence-corrected chi connectivity index (χ0v) is 11.2. The molecule has 0 saturated carbocycles. The summed E-state index contributed by atoms with van der Waals surface area (Å²) in [5.74, 6) is -0.0783. The first-order valence-electron chi connectivity index (χ1n) is 6.30. The fourth-order valence-corrected chi connectivity index (χ4v) is 2.73. The first-order valence-corrected chi connectivity index (χ1v) is 6.68. The normalized spacial score (nSPS) is 26.9. The van der Waals surface area contributed by atoms with E-state index in [4.69, 9.17) is 21.1 Å². The summed E-state index contributed by atoms with van der Waals surface area (Å²) in [4.78, 5) is 18.5. The van der Waals surface area contributed by atoms with Gasteiger partial charge in [-0.2, -0.15) is 0 Å². The van der Waals surface area contributed by atoms with Crippen molar-refractivity contribution >= 4 is 17.5 Å². The van der Waals surface area contributed by atoms with E-state index in [1.807, 2.05) is 4.90 Å². The maximum absolute atomic E-state index is 12.6. The number of carbonyl (C=O) groups excluding carboxylic acids is 1. The predicted molar refractivity (Wildman–Crippen MR) is 69.3 cm³/mol. The minimum atomic E-state index is -0.323. The first kappa shape index (κ1) is 12.8. The molecule has 1 spiro atoms. The van der Waals surface area contributed by atoms with Gasteiger partial charge in [0.1, 0.15) is 5.69 Å². The molecule has 0 radical (unpaired) electrons. The standard InChI is InChI=1S/C13H15ClN2O3/c14-10-1-2-11(15-7-10)12(17)16-4-6-19-9-13(16)3-5-18-8-13/h1-2,7H,3-6,8-9H2/t13-/m0/s1. The van der Waals surface area contributed by atoms with Gasteiger partial charge in [-0.15, -0.1) is 0 Å². The summed E-state index contributed by atoms with van der Waals surface area (Å²) < 4.78 is 11.0. The third kappa shape index (κ3) is 2.33. The number of morpholine rings is 1. The molecule has 3 heterocycles. The molecule has 2 aliphatic rings. The lowest BCUT2D eigenvalue weighted by Crippen LogP contribution is -2.59. The van der Waals surface area contributed by atoms with Crippen LogP contribution in [0.3, 0.4) is 0 Å². The molecule has 19 heavy (non-hydrogen) atoms. The molecule has 0 unspecified atom stereocenters. The van der Waals surface area contributed by atoms with Crippen molar-refractivity contribution < 1.29 is 14.3 Å². The second-order valence-electron chi connectivity index (χ2n) is 4.90. The molecule has 6 heteroatoms. The highest BCUT2D eigenvalue weighted by molar-refractivity contribution is 6.30. The number of amides is 1. The molecular weight excluding hydrogens is 268 g/mol. The van der Waals surface area contributed by atoms with Crippen LogP contribution in [0, 0.1) is 0 Å².